The summed E-state index contributed by atoms with van der Waals surface area (Å²) in [7, 11) is 1.60. The number of benzene rings is 5. The largest absolute Gasteiger partial charge is 0.493 e. The molecule has 61 heavy (non-hydrogen) atoms. The number of carbonyl (C=O) groups is 2. The van der Waals surface area contributed by atoms with E-state index in [1.807, 2.05) is 110 Å². The number of hydrogen-bond donors (Lipinski definition) is 1. The van der Waals surface area contributed by atoms with Crippen molar-refractivity contribution in [1.29, 1.82) is 0 Å². The number of fused-ring (bicyclic) bond motifs is 3. The Balaban J connectivity index is 1.16. The van der Waals surface area contributed by atoms with Crippen LogP contribution >= 0.6 is 45.8 Å². The second-order valence-electron chi connectivity index (χ2n) is 14.0. The van der Waals surface area contributed by atoms with Crippen molar-refractivity contribution in [2.75, 3.05) is 45.8 Å². The van der Waals surface area contributed by atoms with Gasteiger partial charge in [-0.05, 0) is 67.1 Å². The van der Waals surface area contributed by atoms with Gasteiger partial charge in [-0.2, -0.15) is 0 Å². The lowest BCUT2D eigenvalue weighted by molar-refractivity contribution is -0.137. The SMILES string of the molecule is C=CC(=O)OCCNC(=O)OCC(COc1c(C)cccc1-c1nc2ccccc2s1)(COc1c(OC)cccc1-c1nc2ccccc2s1)CSc1nc2ccccc2s1. The number of methoxy groups -OCH3 is 1. The molecule has 3 heterocycles. The van der Waals surface area contributed by atoms with Crippen molar-refractivity contribution in [3.63, 3.8) is 0 Å². The van der Waals surface area contributed by atoms with Gasteiger partial charge in [-0.1, -0.05) is 72.9 Å². The Morgan fingerprint density at radius 3 is 1.89 bits per heavy atom. The number of nitrogens with one attached hydrogen (secondary N) is 1. The third-order valence-corrected chi connectivity index (χ3v) is 14.2. The van der Waals surface area contributed by atoms with Crippen LogP contribution in [0, 0.1) is 12.3 Å². The maximum absolute atomic E-state index is 13.3. The molecule has 1 amide bonds. The van der Waals surface area contributed by atoms with E-state index in [4.69, 9.17) is 38.6 Å². The molecular formula is C46H40N4O7S4. The van der Waals surface area contributed by atoms with Crippen molar-refractivity contribution in [2.45, 2.75) is 11.3 Å². The first-order valence-electron chi connectivity index (χ1n) is 19.2. The zero-order chi connectivity index (χ0) is 42.2. The fourth-order valence-electron chi connectivity index (χ4n) is 6.44. The van der Waals surface area contributed by atoms with E-state index in [1.54, 1.807) is 52.9 Å². The Labute approximate surface area is 368 Å². The van der Waals surface area contributed by atoms with Gasteiger partial charge in [0.1, 0.15) is 42.2 Å². The molecule has 1 atom stereocenters. The van der Waals surface area contributed by atoms with Gasteiger partial charge in [0.25, 0.3) is 0 Å². The predicted octanol–water partition coefficient (Wildman–Crippen LogP) is 10.9. The quantitative estimate of drug-likeness (QED) is 0.0382. The van der Waals surface area contributed by atoms with Crippen LogP contribution in [0.15, 0.2) is 126 Å². The number of rotatable bonds is 18. The highest BCUT2D eigenvalue weighted by Gasteiger charge is 2.37. The first-order valence-corrected chi connectivity index (χ1v) is 22.7. The maximum atomic E-state index is 13.3. The van der Waals surface area contributed by atoms with E-state index in [0.717, 1.165) is 67.8 Å². The van der Waals surface area contributed by atoms with Gasteiger partial charge in [-0.25, -0.2) is 24.5 Å². The summed E-state index contributed by atoms with van der Waals surface area (Å²) in [6, 6.07) is 35.7. The Morgan fingerprint density at radius 2 is 1.28 bits per heavy atom. The highest BCUT2D eigenvalue weighted by molar-refractivity contribution is 8.01. The molecule has 11 nitrogen and oxygen atoms in total. The molecule has 3 aromatic heterocycles. The number of carbonyl (C=O) groups excluding carboxylic acids is 2. The van der Waals surface area contributed by atoms with E-state index in [2.05, 4.69) is 18.0 Å². The Morgan fingerprint density at radius 1 is 0.705 bits per heavy atom. The van der Waals surface area contributed by atoms with Gasteiger partial charge in [0, 0.05) is 11.8 Å². The summed E-state index contributed by atoms with van der Waals surface area (Å²) in [5.74, 6) is 1.48. The Bertz CT molecular complexity index is 2740. The van der Waals surface area contributed by atoms with Gasteiger partial charge in [-0.15, -0.1) is 34.0 Å². The third-order valence-electron chi connectivity index (χ3n) is 9.57. The lowest BCUT2D eigenvalue weighted by Crippen LogP contribution is -2.44. The van der Waals surface area contributed by atoms with E-state index in [9.17, 15) is 9.59 Å². The van der Waals surface area contributed by atoms with Crippen LogP contribution in [-0.4, -0.2) is 72.8 Å². The number of ether oxygens (including phenoxy) is 5. The van der Waals surface area contributed by atoms with Crippen molar-refractivity contribution in [3.8, 4) is 38.4 Å². The van der Waals surface area contributed by atoms with E-state index in [0.29, 0.717) is 23.0 Å². The van der Waals surface area contributed by atoms with Crippen LogP contribution < -0.4 is 19.5 Å². The molecule has 0 radical (unpaired) electrons. The molecule has 0 fully saturated rings. The van der Waals surface area contributed by atoms with Crippen LogP contribution in [0.3, 0.4) is 0 Å². The van der Waals surface area contributed by atoms with Gasteiger partial charge in [0.15, 0.2) is 15.8 Å². The minimum atomic E-state index is -0.992. The van der Waals surface area contributed by atoms with Gasteiger partial charge >= 0.3 is 12.1 Å². The van der Waals surface area contributed by atoms with E-state index >= 15 is 0 Å². The second-order valence-corrected chi connectivity index (χ2v) is 18.3. The fraction of sp³-hybridized carbons (Fsp3) is 0.196. The summed E-state index contributed by atoms with van der Waals surface area (Å²) < 4.78 is 34.8. The van der Waals surface area contributed by atoms with Gasteiger partial charge in [0.2, 0.25) is 0 Å². The maximum Gasteiger partial charge on any atom is 0.407 e. The van der Waals surface area contributed by atoms with Crippen molar-refractivity contribution in [2.24, 2.45) is 5.41 Å². The average Bonchev–Trinajstić information content (AvgIpc) is 4.04. The predicted molar refractivity (Wildman–Crippen MR) is 246 cm³/mol. The number of alkyl carbamates (subject to hydrolysis) is 1. The zero-order valence-electron chi connectivity index (χ0n) is 33.3. The standard InChI is InChI=1S/C46H40N4O7S4/c1-4-39(51)54-24-23-47-44(52)57-27-46(28-58-45-50-34-18-7-10-22-38(34)61-45,25-55-40-29(2)13-11-14-30(40)42-48-32-16-5-8-20-36(32)59-42)26-56-41-31(15-12-19-35(41)53-3)43-49-33-17-6-9-21-37(33)60-43/h4-22H,1,23-28H2,2-3H3,(H,47,52). The second kappa shape index (κ2) is 19.1. The number of aryl methyl sites for hydroxylation is 1. The molecular weight excluding hydrogens is 849 g/mol. The molecule has 15 heteroatoms. The zero-order valence-corrected chi connectivity index (χ0v) is 36.5. The lowest BCUT2D eigenvalue weighted by Gasteiger charge is -2.33. The van der Waals surface area contributed by atoms with Crippen LogP contribution in [0.4, 0.5) is 4.79 Å². The topological polar surface area (TPSA) is 131 Å². The molecule has 0 saturated carbocycles. The van der Waals surface area contributed by atoms with Crippen LogP contribution in [-0.2, 0) is 14.3 Å². The molecule has 0 spiro atoms. The summed E-state index contributed by atoms with van der Waals surface area (Å²) in [5.41, 5.74) is 4.23. The van der Waals surface area contributed by atoms with Crippen molar-refractivity contribution >= 4 is 88.5 Å². The molecule has 1 unspecified atom stereocenters. The smallest absolute Gasteiger partial charge is 0.407 e. The summed E-state index contributed by atoms with van der Waals surface area (Å²) in [4.78, 5) is 39.7. The van der Waals surface area contributed by atoms with Crippen LogP contribution in [0.5, 0.6) is 17.2 Å². The van der Waals surface area contributed by atoms with Gasteiger partial charge < -0.3 is 29.0 Å². The number of thioether (sulfide) groups is 1. The van der Waals surface area contributed by atoms with E-state index in [-0.39, 0.29) is 33.0 Å². The monoisotopic (exact) mass is 888 g/mol. The van der Waals surface area contributed by atoms with Gasteiger partial charge in [-0.3, -0.25) is 0 Å². The van der Waals surface area contributed by atoms with Gasteiger partial charge in [0.05, 0.1) is 60.8 Å². The highest BCUT2D eigenvalue weighted by atomic mass is 32.2. The number of amides is 1. The molecule has 0 bridgehead atoms. The molecule has 1 N–H and O–H groups in total. The number of para-hydroxylation sites is 5. The first kappa shape index (κ1) is 41.7. The number of esters is 1. The molecule has 8 aromatic rings. The average molecular weight is 889 g/mol. The minimum absolute atomic E-state index is 0.0374. The lowest BCUT2D eigenvalue weighted by atomic mass is 9.93. The van der Waals surface area contributed by atoms with E-state index in [1.165, 1.54) is 0 Å². The van der Waals surface area contributed by atoms with E-state index < -0.39 is 17.5 Å². The van der Waals surface area contributed by atoms with Crippen molar-refractivity contribution < 1.29 is 33.3 Å². The number of aromatic nitrogens is 3. The fourth-order valence-corrected chi connectivity index (χ4v) is 10.6. The molecule has 310 valence electrons. The summed E-state index contributed by atoms with van der Waals surface area (Å²) >= 11 is 6.29. The van der Waals surface area contributed by atoms with Crippen LogP contribution in [0.1, 0.15) is 5.56 Å². The molecule has 0 aliphatic heterocycles. The number of thiazole rings is 3. The summed E-state index contributed by atoms with van der Waals surface area (Å²) in [5, 5.41) is 4.28. The Kier molecular flexibility index (Phi) is 13.1. The number of hydrogen-bond acceptors (Lipinski definition) is 14. The van der Waals surface area contributed by atoms with Crippen molar-refractivity contribution in [1.82, 2.24) is 20.3 Å². The van der Waals surface area contributed by atoms with Crippen LogP contribution in [0.25, 0.3) is 51.8 Å². The minimum Gasteiger partial charge on any atom is -0.493 e. The summed E-state index contributed by atoms with van der Waals surface area (Å²) in [6.45, 7) is 5.41. The first-order chi connectivity index (χ1) is 29.8. The number of nitrogens with zero attached hydrogens (tertiary/aromatic N) is 3. The molecule has 5 aromatic carbocycles. The normalized spacial score (nSPS) is 12.2. The van der Waals surface area contributed by atoms with Crippen LogP contribution in [0.2, 0.25) is 0 Å². The summed E-state index contributed by atoms with van der Waals surface area (Å²) in [6.07, 6.45) is 0.374. The highest BCUT2D eigenvalue weighted by Crippen LogP contribution is 2.44. The third kappa shape index (κ3) is 9.81. The molecule has 0 aliphatic carbocycles. The molecule has 8 rings (SSSR count). The molecule has 0 aliphatic rings. The Hall–Kier alpha value is -6.00. The molecule has 0 saturated heterocycles. The van der Waals surface area contributed by atoms with Crippen molar-refractivity contribution in [3.05, 3.63) is 127 Å².